The molecule has 2 aliphatic rings. The van der Waals surface area contributed by atoms with Crippen LogP contribution >= 0.6 is 11.3 Å². The number of amides is 1. The molecule has 0 N–H and O–H groups in total. The fraction of sp³-hybridized carbons (Fsp3) is 0.360. The van der Waals surface area contributed by atoms with Gasteiger partial charge in [-0.05, 0) is 18.9 Å². The summed E-state index contributed by atoms with van der Waals surface area (Å²) in [5.41, 5.74) is 1.87. The summed E-state index contributed by atoms with van der Waals surface area (Å²) in [5.74, 6) is -0.0945. The molecular formula is C25H21F3N6O3S. The summed E-state index contributed by atoms with van der Waals surface area (Å²) in [7, 11) is 0. The summed E-state index contributed by atoms with van der Waals surface area (Å²) >= 11 is 1.54. The molecular weight excluding hydrogens is 521 g/mol. The second-order valence-electron chi connectivity index (χ2n) is 8.80. The first-order valence-corrected chi connectivity index (χ1v) is 12.7. The van der Waals surface area contributed by atoms with Gasteiger partial charge < -0.3 is 14.5 Å². The van der Waals surface area contributed by atoms with E-state index in [4.69, 9.17) is 14.6 Å². The predicted octanol–water partition coefficient (Wildman–Crippen LogP) is 4.47. The van der Waals surface area contributed by atoms with Gasteiger partial charge >= 0.3 is 12.2 Å². The molecule has 0 bridgehead atoms. The maximum Gasteiger partial charge on any atom is 0.419 e. The second-order valence-corrected chi connectivity index (χ2v) is 9.69. The summed E-state index contributed by atoms with van der Waals surface area (Å²) < 4.78 is 43.0. The van der Waals surface area contributed by atoms with E-state index in [2.05, 4.69) is 21.2 Å². The minimum Gasteiger partial charge on any atom is -0.453 e. The molecule has 4 heterocycles. The van der Waals surface area contributed by atoms with Crippen molar-refractivity contribution in [3.05, 3.63) is 69.4 Å². The fourth-order valence-corrected chi connectivity index (χ4v) is 5.31. The molecule has 1 fully saturated rings. The summed E-state index contributed by atoms with van der Waals surface area (Å²) in [6, 6.07) is 9.20. The molecule has 1 unspecified atom stereocenters. The molecule has 9 nitrogen and oxygen atoms in total. The Kier molecular flexibility index (Phi) is 7.24. The molecule has 0 spiro atoms. The smallest absolute Gasteiger partial charge is 0.419 e. The molecule has 2 aromatic heterocycles. The number of hydrogen-bond donors (Lipinski definition) is 0. The van der Waals surface area contributed by atoms with E-state index in [1.54, 1.807) is 22.3 Å². The Morgan fingerprint density at radius 1 is 1.21 bits per heavy atom. The van der Waals surface area contributed by atoms with E-state index in [0.717, 1.165) is 34.8 Å². The van der Waals surface area contributed by atoms with Crippen LogP contribution in [0.15, 0.2) is 47.2 Å². The predicted molar refractivity (Wildman–Crippen MR) is 129 cm³/mol. The van der Waals surface area contributed by atoms with Crippen molar-refractivity contribution in [2.24, 2.45) is 5.16 Å². The van der Waals surface area contributed by atoms with Crippen molar-refractivity contribution in [1.29, 1.82) is 5.26 Å². The number of piperidine rings is 1. The molecule has 2 aliphatic heterocycles. The highest BCUT2D eigenvalue weighted by Crippen LogP contribution is 2.34. The summed E-state index contributed by atoms with van der Waals surface area (Å²) in [4.78, 5) is 31.6. The van der Waals surface area contributed by atoms with Crippen LogP contribution < -0.4 is 4.74 Å². The number of halogens is 3. The van der Waals surface area contributed by atoms with E-state index < -0.39 is 11.7 Å². The van der Waals surface area contributed by atoms with Crippen LogP contribution in [0.1, 0.15) is 58.7 Å². The third-order valence-corrected chi connectivity index (χ3v) is 7.40. The number of carbonyl (C=O) groups is 1. The first-order chi connectivity index (χ1) is 18.3. The molecule has 13 heteroatoms. The van der Waals surface area contributed by atoms with E-state index in [1.165, 1.54) is 0 Å². The van der Waals surface area contributed by atoms with Gasteiger partial charge in [0.2, 0.25) is 0 Å². The number of likely N-dealkylation sites (tertiary alicyclic amines) is 1. The highest BCUT2D eigenvalue weighted by molar-refractivity contribution is 7.10. The molecule has 38 heavy (non-hydrogen) atoms. The van der Waals surface area contributed by atoms with Gasteiger partial charge in [-0.3, -0.25) is 4.79 Å². The lowest BCUT2D eigenvalue weighted by atomic mass is 9.97. The topological polar surface area (TPSA) is 114 Å². The van der Waals surface area contributed by atoms with Crippen molar-refractivity contribution in [2.45, 2.75) is 37.5 Å². The van der Waals surface area contributed by atoms with Crippen molar-refractivity contribution in [1.82, 2.24) is 19.9 Å². The van der Waals surface area contributed by atoms with E-state index >= 15 is 0 Å². The fourth-order valence-electron chi connectivity index (χ4n) is 4.31. The molecule has 0 saturated carbocycles. The van der Waals surface area contributed by atoms with Crippen LogP contribution in [0.5, 0.6) is 6.01 Å². The average molecular weight is 543 g/mol. The normalized spacial score (nSPS) is 18.0. The Hall–Kier alpha value is -4.05. The minimum atomic E-state index is -4.54. The zero-order valence-electron chi connectivity index (χ0n) is 19.9. The van der Waals surface area contributed by atoms with Gasteiger partial charge in [-0.1, -0.05) is 23.4 Å². The van der Waals surface area contributed by atoms with Gasteiger partial charge in [0.25, 0.3) is 5.91 Å². The van der Waals surface area contributed by atoms with E-state index in [0.29, 0.717) is 37.5 Å². The van der Waals surface area contributed by atoms with Crippen molar-refractivity contribution < 1.29 is 27.5 Å². The lowest BCUT2D eigenvalue weighted by Crippen LogP contribution is -2.40. The van der Waals surface area contributed by atoms with Crippen molar-refractivity contribution >= 4 is 23.0 Å². The van der Waals surface area contributed by atoms with E-state index in [-0.39, 0.29) is 30.5 Å². The van der Waals surface area contributed by atoms with Crippen LogP contribution in [0.3, 0.4) is 0 Å². The maximum atomic E-state index is 12.6. The number of thiazole rings is 1. The van der Waals surface area contributed by atoms with E-state index in [9.17, 15) is 23.2 Å². The molecule has 1 atom stereocenters. The van der Waals surface area contributed by atoms with Gasteiger partial charge in [0.05, 0.1) is 27.9 Å². The number of hydrogen-bond acceptors (Lipinski definition) is 9. The largest absolute Gasteiger partial charge is 0.453 e. The number of nitrogens with zero attached hydrogens (tertiary/aromatic N) is 6. The zero-order valence-corrected chi connectivity index (χ0v) is 20.7. The van der Waals surface area contributed by atoms with E-state index in [1.807, 2.05) is 23.6 Å². The summed E-state index contributed by atoms with van der Waals surface area (Å²) in [5, 5.41) is 16.5. The van der Waals surface area contributed by atoms with Gasteiger partial charge in [0, 0.05) is 48.8 Å². The van der Waals surface area contributed by atoms with Crippen LogP contribution in [-0.2, 0) is 15.8 Å². The van der Waals surface area contributed by atoms with Crippen LogP contribution in [0.4, 0.5) is 13.2 Å². The Balaban J connectivity index is 1.11. The SMILES string of the molecule is N#Cc1ccccc1C1CC(c2csc(C3CCN(C(=O)COc4ncc(C(F)(F)F)cn4)CC3)n2)=NO1. The molecule has 196 valence electrons. The Morgan fingerprint density at radius 2 is 1.95 bits per heavy atom. The van der Waals surface area contributed by atoms with Gasteiger partial charge in [-0.25, -0.2) is 15.0 Å². The molecule has 3 aromatic rings. The number of alkyl halides is 3. The number of carbonyl (C=O) groups excluding carboxylic acids is 1. The zero-order chi connectivity index (χ0) is 26.7. The number of aromatic nitrogens is 3. The number of nitriles is 1. The lowest BCUT2D eigenvalue weighted by molar-refractivity contribution is -0.138. The lowest BCUT2D eigenvalue weighted by Gasteiger charge is -2.31. The Bertz CT molecular complexity index is 1380. The van der Waals surface area contributed by atoms with Crippen molar-refractivity contribution in [2.75, 3.05) is 19.7 Å². The van der Waals surface area contributed by atoms with Crippen LogP contribution in [-0.4, -0.2) is 51.2 Å². The molecule has 1 aromatic carbocycles. The molecule has 0 aliphatic carbocycles. The van der Waals surface area contributed by atoms with Crippen LogP contribution in [0, 0.1) is 11.3 Å². The standard InChI is InChI=1S/C25H21F3N6O3S/c26-25(27,28)17-11-30-24(31-12-17)36-13-22(35)34-7-5-15(6-8-34)23-32-20(14-38-23)19-9-21(37-33-19)18-4-2-1-3-16(18)10-29/h1-4,11-12,14-15,21H,5-9,13H2. The molecule has 0 radical (unpaired) electrons. The molecule has 5 rings (SSSR count). The maximum absolute atomic E-state index is 12.6. The number of oxime groups is 1. The number of benzene rings is 1. The first kappa shape index (κ1) is 25.6. The van der Waals surface area contributed by atoms with Crippen LogP contribution in [0.2, 0.25) is 0 Å². The van der Waals surface area contributed by atoms with Gasteiger partial charge in [0.1, 0.15) is 5.71 Å². The quantitative estimate of drug-likeness (QED) is 0.451. The molecule has 1 amide bonds. The average Bonchev–Trinajstić information content (AvgIpc) is 3.62. The van der Waals surface area contributed by atoms with Gasteiger partial charge in [-0.15, -0.1) is 11.3 Å². The van der Waals surface area contributed by atoms with Crippen molar-refractivity contribution in [3.8, 4) is 12.1 Å². The third kappa shape index (κ3) is 5.60. The van der Waals surface area contributed by atoms with Gasteiger partial charge in [0.15, 0.2) is 12.7 Å². The third-order valence-electron chi connectivity index (χ3n) is 6.39. The monoisotopic (exact) mass is 542 g/mol. The molecule has 1 saturated heterocycles. The number of rotatable bonds is 6. The van der Waals surface area contributed by atoms with Gasteiger partial charge in [-0.2, -0.15) is 18.4 Å². The Morgan fingerprint density at radius 3 is 2.66 bits per heavy atom. The first-order valence-electron chi connectivity index (χ1n) is 11.8. The Labute approximate surface area is 219 Å². The number of ether oxygens (including phenoxy) is 1. The summed E-state index contributed by atoms with van der Waals surface area (Å²) in [6.07, 6.45) is -1.66. The highest BCUT2D eigenvalue weighted by Gasteiger charge is 2.32. The second kappa shape index (κ2) is 10.7. The minimum absolute atomic E-state index is 0.190. The highest BCUT2D eigenvalue weighted by atomic mass is 32.1. The summed E-state index contributed by atoms with van der Waals surface area (Å²) in [6.45, 7) is 0.660. The van der Waals surface area contributed by atoms with Crippen LogP contribution in [0.25, 0.3) is 0 Å². The van der Waals surface area contributed by atoms with Crippen molar-refractivity contribution in [3.63, 3.8) is 0 Å².